The number of hydrogen-bond acceptors (Lipinski definition) is 2. The Bertz CT molecular complexity index is 264. The van der Waals surface area contributed by atoms with Gasteiger partial charge in [0, 0.05) is 0 Å². The van der Waals surface area contributed by atoms with Gasteiger partial charge in [-0.05, 0) is 46.0 Å². The first-order valence-electron chi connectivity index (χ1n) is 5.68. The van der Waals surface area contributed by atoms with Crippen LogP contribution in [0.2, 0.25) is 0 Å². The third-order valence-electron chi connectivity index (χ3n) is 3.32. The molecule has 0 bridgehead atoms. The molecule has 0 aliphatic heterocycles. The maximum atomic E-state index is 10.4. The summed E-state index contributed by atoms with van der Waals surface area (Å²) in [6, 6.07) is 0. The Balaban J connectivity index is 2.65. The molecule has 2 atom stereocenters. The molecule has 0 aromatic rings. The van der Waals surface area contributed by atoms with Crippen LogP contribution in [0.15, 0.2) is 24.0 Å². The standard InChI is InChI=1S/C13H22O2/c1-5-15-11(3)13(4,14)12-8-6-10(2)7-9-12/h6,12,14H,3,5,7-9H2,1-2,4H3. The van der Waals surface area contributed by atoms with Crippen molar-refractivity contribution in [1.82, 2.24) is 0 Å². The number of hydrogen-bond donors (Lipinski definition) is 1. The Morgan fingerprint density at radius 1 is 1.73 bits per heavy atom. The van der Waals surface area contributed by atoms with Crippen LogP contribution in [0, 0.1) is 5.92 Å². The molecule has 1 aliphatic rings. The van der Waals surface area contributed by atoms with Crippen LogP contribution in [0.3, 0.4) is 0 Å². The van der Waals surface area contributed by atoms with Gasteiger partial charge in [0.1, 0.15) is 11.4 Å². The lowest BCUT2D eigenvalue weighted by Gasteiger charge is -2.35. The molecule has 0 saturated carbocycles. The SMILES string of the molecule is C=C(OCC)C(C)(O)C1CC=C(C)CC1. The maximum Gasteiger partial charge on any atom is 0.121 e. The number of aliphatic hydroxyl groups is 1. The molecule has 1 N–H and O–H groups in total. The molecule has 0 aromatic heterocycles. The zero-order valence-corrected chi connectivity index (χ0v) is 10.0. The minimum absolute atomic E-state index is 0.236. The number of ether oxygens (including phenoxy) is 1. The monoisotopic (exact) mass is 210 g/mol. The minimum Gasteiger partial charge on any atom is -0.496 e. The van der Waals surface area contributed by atoms with E-state index >= 15 is 0 Å². The minimum atomic E-state index is -0.896. The fraction of sp³-hybridized carbons (Fsp3) is 0.692. The summed E-state index contributed by atoms with van der Waals surface area (Å²) in [6.45, 7) is 10.2. The summed E-state index contributed by atoms with van der Waals surface area (Å²) in [5.74, 6) is 0.739. The Kier molecular flexibility index (Phi) is 3.97. The second kappa shape index (κ2) is 4.84. The highest BCUT2D eigenvalue weighted by molar-refractivity contribution is 5.12. The van der Waals surface area contributed by atoms with E-state index in [0.29, 0.717) is 12.4 Å². The summed E-state index contributed by atoms with van der Waals surface area (Å²) >= 11 is 0. The van der Waals surface area contributed by atoms with Crippen LogP contribution >= 0.6 is 0 Å². The Morgan fingerprint density at radius 2 is 2.40 bits per heavy atom. The Hall–Kier alpha value is -0.760. The van der Waals surface area contributed by atoms with Gasteiger partial charge in [-0.1, -0.05) is 18.2 Å². The summed E-state index contributed by atoms with van der Waals surface area (Å²) in [5.41, 5.74) is 0.525. The topological polar surface area (TPSA) is 29.5 Å². The van der Waals surface area contributed by atoms with Gasteiger partial charge in [0.2, 0.25) is 0 Å². The highest BCUT2D eigenvalue weighted by Crippen LogP contribution is 2.35. The van der Waals surface area contributed by atoms with Gasteiger partial charge >= 0.3 is 0 Å². The van der Waals surface area contributed by atoms with Crippen molar-refractivity contribution in [2.45, 2.75) is 45.6 Å². The summed E-state index contributed by atoms with van der Waals surface area (Å²) in [4.78, 5) is 0. The molecule has 2 heteroatoms. The average Bonchev–Trinajstić information content (AvgIpc) is 2.18. The van der Waals surface area contributed by atoms with E-state index in [2.05, 4.69) is 19.6 Å². The molecule has 2 nitrogen and oxygen atoms in total. The first-order chi connectivity index (χ1) is 6.98. The lowest BCUT2D eigenvalue weighted by Crippen LogP contribution is -2.38. The van der Waals surface area contributed by atoms with Gasteiger partial charge in [-0.25, -0.2) is 0 Å². The fourth-order valence-electron chi connectivity index (χ4n) is 2.02. The smallest absolute Gasteiger partial charge is 0.121 e. The van der Waals surface area contributed by atoms with E-state index in [4.69, 9.17) is 4.74 Å². The van der Waals surface area contributed by atoms with Crippen molar-refractivity contribution >= 4 is 0 Å². The lowest BCUT2D eigenvalue weighted by molar-refractivity contribution is -0.0220. The van der Waals surface area contributed by atoms with Crippen molar-refractivity contribution in [2.24, 2.45) is 5.92 Å². The van der Waals surface area contributed by atoms with Gasteiger partial charge in [-0.15, -0.1) is 0 Å². The third-order valence-corrected chi connectivity index (χ3v) is 3.32. The van der Waals surface area contributed by atoms with Gasteiger partial charge in [-0.2, -0.15) is 0 Å². The normalized spacial score (nSPS) is 25.3. The molecule has 1 rings (SSSR count). The zero-order chi connectivity index (χ0) is 11.5. The first-order valence-corrected chi connectivity index (χ1v) is 5.68. The van der Waals surface area contributed by atoms with E-state index in [9.17, 15) is 5.11 Å². The number of rotatable bonds is 4. The maximum absolute atomic E-state index is 10.4. The molecule has 0 aromatic carbocycles. The molecule has 2 unspecified atom stereocenters. The summed E-state index contributed by atoms with van der Waals surface area (Å²) in [6.07, 6.45) is 5.22. The lowest BCUT2D eigenvalue weighted by atomic mass is 9.78. The van der Waals surface area contributed by atoms with Crippen LogP contribution in [0.1, 0.15) is 40.0 Å². The molecule has 0 fully saturated rings. The summed E-state index contributed by atoms with van der Waals surface area (Å²) < 4.78 is 5.32. The molecule has 0 spiro atoms. The molecular weight excluding hydrogens is 188 g/mol. The van der Waals surface area contributed by atoms with Gasteiger partial charge in [0.25, 0.3) is 0 Å². The van der Waals surface area contributed by atoms with Gasteiger partial charge in [0.05, 0.1) is 6.61 Å². The van der Waals surface area contributed by atoms with Crippen molar-refractivity contribution in [1.29, 1.82) is 0 Å². The van der Waals surface area contributed by atoms with E-state index in [0.717, 1.165) is 19.3 Å². The van der Waals surface area contributed by atoms with Crippen LogP contribution in [0.5, 0.6) is 0 Å². The predicted molar refractivity (Wildman–Crippen MR) is 62.5 cm³/mol. The van der Waals surface area contributed by atoms with Gasteiger partial charge < -0.3 is 9.84 Å². The molecule has 1 aliphatic carbocycles. The van der Waals surface area contributed by atoms with Crippen LogP contribution in [-0.2, 0) is 4.74 Å². The molecule has 0 heterocycles. The van der Waals surface area contributed by atoms with E-state index in [1.807, 2.05) is 13.8 Å². The van der Waals surface area contributed by atoms with Crippen molar-refractivity contribution in [3.63, 3.8) is 0 Å². The Morgan fingerprint density at radius 3 is 2.87 bits per heavy atom. The highest BCUT2D eigenvalue weighted by atomic mass is 16.5. The molecule has 0 saturated heterocycles. The van der Waals surface area contributed by atoms with E-state index in [1.54, 1.807) is 0 Å². The van der Waals surface area contributed by atoms with Crippen molar-refractivity contribution < 1.29 is 9.84 Å². The largest absolute Gasteiger partial charge is 0.496 e. The summed E-state index contributed by atoms with van der Waals surface area (Å²) in [7, 11) is 0. The van der Waals surface area contributed by atoms with Gasteiger partial charge in [-0.3, -0.25) is 0 Å². The molecule has 0 radical (unpaired) electrons. The van der Waals surface area contributed by atoms with E-state index in [1.165, 1.54) is 5.57 Å². The van der Waals surface area contributed by atoms with Crippen molar-refractivity contribution in [2.75, 3.05) is 6.61 Å². The Labute approximate surface area is 92.6 Å². The second-order valence-corrected chi connectivity index (χ2v) is 4.53. The average molecular weight is 210 g/mol. The molecule has 15 heavy (non-hydrogen) atoms. The zero-order valence-electron chi connectivity index (χ0n) is 10.0. The molecule has 86 valence electrons. The second-order valence-electron chi connectivity index (χ2n) is 4.53. The number of allylic oxidation sites excluding steroid dienone is 2. The fourth-order valence-corrected chi connectivity index (χ4v) is 2.02. The van der Waals surface area contributed by atoms with Gasteiger partial charge in [0.15, 0.2) is 0 Å². The quantitative estimate of drug-likeness (QED) is 0.571. The predicted octanol–water partition coefficient (Wildman–Crippen LogP) is 3.03. The summed E-state index contributed by atoms with van der Waals surface area (Å²) in [5, 5.41) is 10.4. The van der Waals surface area contributed by atoms with Crippen LogP contribution < -0.4 is 0 Å². The van der Waals surface area contributed by atoms with E-state index in [-0.39, 0.29) is 5.92 Å². The van der Waals surface area contributed by atoms with Crippen molar-refractivity contribution in [3.8, 4) is 0 Å². The third kappa shape index (κ3) is 2.85. The first kappa shape index (κ1) is 12.3. The molecule has 0 amide bonds. The van der Waals surface area contributed by atoms with Crippen LogP contribution in [0.4, 0.5) is 0 Å². The highest BCUT2D eigenvalue weighted by Gasteiger charge is 2.36. The molecular formula is C13H22O2. The van der Waals surface area contributed by atoms with Crippen LogP contribution in [0.25, 0.3) is 0 Å². The van der Waals surface area contributed by atoms with Crippen molar-refractivity contribution in [3.05, 3.63) is 24.0 Å². The van der Waals surface area contributed by atoms with Crippen LogP contribution in [-0.4, -0.2) is 17.3 Å². The van der Waals surface area contributed by atoms with E-state index < -0.39 is 5.60 Å².